The number of hydrogen-bond acceptors (Lipinski definition) is 7. The molecular formula is C22H16BrN3O6. The molecule has 0 atom stereocenters. The molecule has 0 unspecified atom stereocenters. The standard InChI is InChI=1S/C22H16BrN3O6/c23-17-9-7-16(8-10-17)22(28)32-18-11-5-15(6-12-18)13-24-25-21(27)14-31-20-4-2-1-3-19(20)26(29)30/h1-13H,14H2,(H,25,27)/b24-13-. The van der Waals surface area contributed by atoms with E-state index in [1.54, 1.807) is 54.6 Å². The van der Waals surface area contributed by atoms with Crippen LogP contribution in [0, 0.1) is 10.1 Å². The van der Waals surface area contributed by atoms with Gasteiger partial charge < -0.3 is 9.47 Å². The Bertz CT molecular complexity index is 1150. The molecule has 0 spiro atoms. The lowest BCUT2D eigenvalue weighted by Crippen LogP contribution is -2.24. The van der Waals surface area contributed by atoms with Crippen molar-refractivity contribution in [2.75, 3.05) is 6.61 Å². The van der Waals surface area contributed by atoms with E-state index < -0.39 is 23.4 Å². The van der Waals surface area contributed by atoms with Crippen molar-refractivity contribution in [2.24, 2.45) is 5.10 Å². The van der Waals surface area contributed by atoms with Gasteiger partial charge in [0.1, 0.15) is 5.75 Å². The fourth-order valence-corrected chi connectivity index (χ4v) is 2.72. The van der Waals surface area contributed by atoms with Crippen molar-refractivity contribution in [3.05, 3.63) is 98.5 Å². The van der Waals surface area contributed by atoms with Crippen LogP contribution in [-0.4, -0.2) is 29.6 Å². The van der Waals surface area contributed by atoms with Crippen LogP contribution in [0.3, 0.4) is 0 Å². The van der Waals surface area contributed by atoms with Gasteiger partial charge in [-0.1, -0.05) is 28.1 Å². The predicted octanol–water partition coefficient (Wildman–Crippen LogP) is 4.11. The number of hydrogen-bond donors (Lipinski definition) is 1. The van der Waals surface area contributed by atoms with E-state index in [-0.39, 0.29) is 11.4 Å². The second-order valence-corrected chi connectivity index (χ2v) is 7.19. The van der Waals surface area contributed by atoms with E-state index in [0.717, 1.165) is 4.47 Å². The number of nitrogens with one attached hydrogen (secondary N) is 1. The normalized spacial score (nSPS) is 10.5. The van der Waals surface area contributed by atoms with Crippen molar-refractivity contribution in [2.45, 2.75) is 0 Å². The second-order valence-electron chi connectivity index (χ2n) is 6.27. The predicted molar refractivity (Wildman–Crippen MR) is 120 cm³/mol. The Hall–Kier alpha value is -4.05. The summed E-state index contributed by atoms with van der Waals surface area (Å²) in [6, 6.07) is 19.0. The summed E-state index contributed by atoms with van der Waals surface area (Å²) in [5.41, 5.74) is 3.11. The van der Waals surface area contributed by atoms with Crippen LogP contribution in [0.5, 0.6) is 11.5 Å². The molecule has 0 bridgehead atoms. The number of nitrogens with zero attached hydrogens (tertiary/aromatic N) is 2. The van der Waals surface area contributed by atoms with E-state index in [4.69, 9.17) is 9.47 Å². The summed E-state index contributed by atoms with van der Waals surface area (Å²) in [6.07, 6.45) is 1.39. The van der Waals surface area contributed by atoms with Crippen molar-refractivity contribution < 1.29 is 24.0 Å². The molecule has 9 nitrogen and oxygen atoms in total. The zero-order valence-electron chi connectivity index (χ0n) is 16.4. The first kappa shape index (κ1) is 22.6. The Balaban J connectivity index is 1.48. The molecular weight excluding hydrogens is 482 g/mol. The van der Waals surface area contributed by atoms with Crippen molar-refractivity contribution in [3.63, 3.8) is 0 Å². The monoisotopic (exact) mass is 497 g/mol. The number of esters is 1. The van der Waals surface area contributed by atoms with Gasteiger partial charge in [-0.3, -0.25) is 14.9 Å². The van der Waals surface area contributed by atoms with Crippen LogP contribution < -0.4 is 14.9 Å². The summed E-state index contributed by atoms with van der Waals surface area (Å²) in [5.74, 6) is -0.717. The van der Waals surface area contributed by atoms with E-state index in [0.29, 0.717) is 16.9 Å². The quantitative estimate of drug-likeness (QED) is 0.164. The maximum atomic E-state index is 12.1. The maximum Gasteiger partial charge on any atom is 0.343 e. The molecule has 0 aromatic heterocycles. The molecule has 0 aliphatic carbocycles. The van der Waals surface area contributed by atoms with Gasteiger partial charge in [-0.25, -0.2) is 10.2 Å². The third kappa shape index (κ3) is 6.47. The first-order valence-corrected chi connectivity index (χ1v) is 9.97. The smallest absolute Gasteiger partial charge is 0.343 e. The number of amides is 1. The summed E-state index contributed by atoms with van der Waals surface area (Å²) >= 11 is 3.30. The molecule has 1 amide bonds. The molecule has 0 saturated heterocycles. The van der Waals surface area contributed by atoms with Crippen molar-refractivity contribution in [1.82, 2.24) is 5.43 Å². The van der Waals surface area contributed by atoms with Gasteiger partial charge in [0.25, 0.3) is 5.91 Å². The van der Waals surface area contributed by atoms with Gasteiger partial charge in [0.05, 0.1) is 16.7 Å². The first-order valence-electron chi connectivity index (χ1n) is 9.18. The SMILES string of the molecule is O=C(COc1ccccc1[N+](=O)[O-])N/N=C\c1ccc(OC(=O)c2ccc(Br)cc2)cc1. The lowest BCUT2D eigenvalue weighted by atomic mass is 10.2. The van der Waals surface area contributed by atoms with Crippen LogP contribution in [0.25, 0.3) is 0 Å². The summed E-state index contributed by atoms with van der Waals surface area (Å²) in [5, 5.41) is 14.7. The minimum atomic E-state index is -0.592. The van der Waals surface area contributed by atoms with E-state index in [1.165, 1.54) is 24.4 Å². The minimum absolute atomic E-state index is 0.00935. The van der Waals surface area contributed by atoms with E-state index >= 15 is 0 Å². The average Bonchev–Trinajstić information content (AvgIpc) is 2.79. The molecule has 1 N–H and O–H groups in total. The Labute approximate surface area is 190 Å². The Morgan fingerprint density at radius 3 is 2.41 bits per heavy atom. The number of nitro benzene ring substituents is 1. The van der Waals surface area contributed by atoms with E-state index in [1.807, 2.05) is 0 Å². The number of rotatable bonds is 8. The molecule has 3 rings (SSSR count). The summed E-state index contributed by atoms with van der Waals surface area (Å²) in [6.45, 7) is -0.437. The highest BCUT2D eigenvalue weighted by atomic mass is 79.9. The molecule has 3 aromatic rings. The topological polar surface area (TPSA) is 120 Å². The summed E-state index contributed by atoms with van der Waals surface area (Å²) in [7, 11) is 0. The molecule has 0 fully saturated rings. The molecule has 0 aliphatic heterocycles. The summed E-state index contributed by atoms with van der Waals surface area (Å²) in [4.78, 5) is 34.3. The first-order chi connectivity index (χ1) is 15.4. The van der Waals surface area contributed by atoms with Crippen molar-refractivity contribution >= 4 is 39.7 Å². The third-order valence-electron chi connectivity index (χ3n) is 3.99. The number of carbonyl (C=O) groups excluding carboxylic acids is 2. The van der Waals surface area contributed by atoms with Gasteiger partial charge in [0, 0.05) is 10.5 Å². The highest BCUT2D eigenvalue weighted by molar-refractivity contribution is 9.10. The molecule has 3 aromatic carbocycles. The van der Waals surface area contributed by atoms with Crippen LogP contribution >= 0.6 is 15.9 Å². The van der Waals surface area contributed by atoms with E-state index in [2.05, 4.69) is 26.5 Å². The number of ether oxygens (including phenoxy) is 2. The maximum absolute atomic E-state index is 12.1. The van der Waals surface area contributed by atoms with Gasteiger partial charge in [0.2, 0.25) is 0 Å². The Morgan fingerprint density at radius 1 is 1.03 bits per heavy atom. The molecule has 162 valence electrons. The van der Waals surface area contributed by atoms with Gasteiger partial charge in [-0.2, -0.15) is 5.10 Å². The third-order valence-corrected chi connectivity index (χ3v) is 4.52. The molecule has 0 heterocycles. The van der Waals surface area contributed by atoms with Gasteiger partial charge >= 0.3 is 11.7 Å². The Kier molecular flexibility index (Phi) is 7.65. The number of carbonyl (C=O) groups is 2. The zero-order chi connectivity index (χ0) is 22.9. The van der Waals surface area contributed by atoms with Crippen molar-refractivity contribution in [1.29, 1.82) is 0 Å². The summed E-state index contributed by atoms with van der Waals surface area (Å²) < 4.78 is 11.3. The van der Waals surface area contributed by atoms with Crippen LogP contribution in [0.15, 0.2) is 82.4 Å². The fraction of sp³-hybridized carbons (Fsp3) is 0.0455. The van der Waals surface area contributed by atoms with Gasteiger partial charge in [-0.15, -0.1) is 0 Å². The number of hydrazone groups is 1. The van der Waals surface area contributed by atoms with Crippen LogP contribution in [0.4, 0.5) is 5.69 Å². The fourth-order valence-electron chi connectivity index (χ4n) is 2.46. The van der Waals surface area contributed by atoms with Gasteiger partial charge in [0.15, 0.2) is 12.4 Å². The van der Waals surface area contributed by atoms with Crippen molar-refractivity contribution in [3.8, 4) is 11.5 Å². The highest BCUT2D eigenvalue weighted by Crippen LogP contribution is 2.25. The molecule has 0 saturated carbocycles. The van der Waals surface area contributed by atoms with Crippen LogP contribution in [-0.2, 0) is 4.79 Å². The minimum Gasteiger partial charge on any atom is -0.477 e. The number of para-hydroxylation sites is 2. The molecule has 0 aliphatic rings. The van der Waals surface area contributed by atoms with Crippen LogP contribution in [0.2, 0.25) is 0 Å². The number of benzene rings is 3. The molecule has 10 heteroatoms. The number of nitro groups is 1. The van der Waals surface area contributed by atoms with Gasteiger partial charge in [-0.05, 0) is 60.2 Å². The highest BCUT2D eigenvalue weighted by Gasteiger charge is 2.14. The average molecular weight is 498 g/mol. The number of halogens is 1. The second kappa shape index (κ2) is 10.8. The zero-order valence-corrected chi connectivity index (χ0v) is 18.0. The lowest BCUT2D eigenvalue weighted by molar-refractivity contribution is -0.385. The van der Waals surface area contributed by atoms with Crippen LogP contribution in [0.1, 0.15) is 15.9 Å². The molecule has 0 radical (unpaired) electrons. The molecule has 32 heavy (non-hydrogen) atoms. The lowest BCUT2D eigenvalue weighted by Gasteiger charge is -2.05. The Morgan fingerprint density at radius 2 is 1.72 bits per heavy atom. The largest absolute Gasteiger partial charge is 0.477 e. The van der Waals surface area contributed by atoms with E-state index in [9.17, 15) is 19.7 Å².